The number of nitriles is 1. The van der Waals surface area contributed by atoms with Gasteiger partial charge < -0.3 is 4.74 Å². The molecule has 0 saturated carbocycles. The van der Waals surface area contributed by atoms with Gasteiger partial charge in [-0.2, -0.15) is 5.26 Å². The van der Waals surface area contributed by atoms with E-state index in [4.69, 9.17) is 5.26 Å². The van der Waals surface area contributed by atoms with Crippen molar-refractivity contribution in [1.82, 2.24) is 0 Å². The Morgan fingerprint density at radius 3 is 2.59 bits per heavy atom. The highest BCUT2D eigenvalue weighted by atomic mass is 19.3. The molecule has 0 bridgehead atoms. The fraction of sp³-hybridized carbons (Fsp3) is 0.182. The minimum absolute atomic E-state index is 0.115. The van der Waals surface area contributed by atoms with Crippen LogP contribution >= 0.6 is 0 Å². The highest BCUT2D eigenvalue weighted by Gasteiger charge is 2.21. The molecule has 0 spiro atoms. The molecule has 1 aromatic carbocycles. The Morgan fingerprint density at radius 2 is 2.18 bits per heavy atom. The number of carbonyl (C=O) groups excluding carboxylic acids is 2. The topological polar surface area (TPSA) is 67.2 Å². The van der Waals surface area contributed by atoms with Crippen LogP contribution in [0, 0.1) is 11.3 Å². The summed E-state index contributed by atoms with van der Waals surface area (Å²) in [5.74, 6) is -0.801. The highest BCUT2D eigenvalue weighted by Crippen LogP contribution is 2.27. The van der Waals surface area contributed by atoms with Crippen molar-refractivity contribution in [2.24, 2.45) is 0 Å². The Kier molecular flexibility index (Phi) is 3.88. The van der Waals surface area contributed by atoms with E-state index >= 15 is 0 Å². The van der Waals surface area contributed by atoms with Gasteiger partial charge in [-0.25, -0.2) is 13.6 Å². The standard InChI is InChI=1S/C11H7F2NO3/c1-17-11(16)6-2-7(4-14)9(10(12)13)8(3-6)5-15/h2-3,5,10H,1H3. The van der Waals surface area contributed by atoms with Gasteiger partial charge in [-0.15, -0.1) is 0 Å². The lowest BCUT2D eigenvalue weighted by Crippen LogP contribution is -2.06. The van der Waals surface area contributed by atoms with E-state index in [1.165, 1.54) is 6.07 Å². The zero-order chi connectivity index (χ0) is 13.0. The summed E-state index contributed by atoms with van der Waals surface area (Å²) >= 11 is 0. The first-order valence-corrected chi connectivity index (χ1v) is 4.44. The van der Waals surface area contributed by atoms with Crippen LogP contribution in [-0.2, 0) is 4.74 Å². The average Bonchev–Trinajstić information content (AvgIpc) is 2.35. The molecule has 6 heteroatoms. The molecule has 0 fully saturated rings. The van der Waals surface area contributed by atoms with E-state index in [0.29, 0.717) is 0 Å². The fourth-order valence-corrected chi connectivity index (χ4v) is 1.34. The molecule has 0 heterocycles. The van der Waals surface area contributed by atoms with E-state index in [-0.39, 0.29) is 17.4 Å². The van der Waals surface area contributed by atoms with Crippen molar-refractivity contribution in [1.29, 1.82) is 5.26 Å². The molecule has 17 heavy (non-hydrogen) atoms. The van der Waals surface area contributed by atoms with Crippen molar-refractivity contribution in [2.75, 3.05) is 7.11 Å². The SMILES string of the molecule is COC(=O)c1cc(C#N)c(C(F)F)c(C=O)c1. The van der Waals surface area contributed by atoms with Crippen LogP contribution in [0.25, 0.3) is 0 Å². The van der Waals surface area contributed by atoms with Gasteiger partial charge in [-0.3, -0.25) is 4.79 Å². The second-order valence-corrected chi connectivity index (χ2v) is 3.05. The molecule has 88 valence electrons. The molecule has 1 aromatic rings. The zero-order valence-electron chi connectivity index (χ0n) is 8.74. The molecular weight excluding hydrogens is 232 g/mol. The molecule has 0 N–H and O–H groups in total. The monoisotopic (exact) mass is 239 g/mol. The van der Waals surface area contributed by atoms with Crippen molar-refractivity contribution in [3.8, 4) is 6.07 Å². The molecule has 0 aliphatic carbocycles. The van der Waals surface area contributed by atoms with Crippen molar-refractivity contribution in [2.45, 2.75) is 6.43 Å². The number of hydrogen-bond acceptors (Lipinski definition) is 4. The molecule has 1 rings (SSSR count). The highest BCUT2D eigenvalue weighted by molar-refractivity contribution is 5.93. The lowest BCUT2D eigenvalue weighted by Gasteiger charge is -2.08. The van der Waals surface area contributed by atoms with Gasteiger partial charge in [0.05, 0.1) is 24.3 Å². The molecule has 0 amide bonds. The van der Waals surface area contributed by atoms with Crippen LogP contribution in [0.15, 0.2) is 12.1 Å². The van der Waals surface area contributed by atoms with Crippen LogP contribution in [0.4, 0.5) is 8.78 Å². The summed E-state index contributed by atoms with van der Waals surface area (Å²) in [5, 5.41) is 8.71. The summed E-state index contributed by atoms with van der Waals surface area (Å²) in [6, 6.07) is 3.47. The van der Waals surface area contributed by atoms with Crippen molar-refractivity contribution in [3.63, 3.8) is 0 Å². The Balaban J connectivity index is 3.51. The summed E-state index contributed by atoms with van der Waals surface area (Å²) in [5.41, 5.74) is -1.59. The third-order valence-electron chi connectivity index (χ3n) is 2.10. The maximum absolute atomic E-state index is 12.7. The third-order valence-corrected chi connectivity index (χ3v) is 2.10. The van der Waals surface area contributed by atoms with E-state index in [0.717, 1.165) is 19.2 Å². The number of halogens is 2. The van der Waals surface area contributed by atoms with Gasteiger partial charge in [-0.05, 0) is 12.1 Å². The number of benzene rings is 1. The molecule has 0 atom stereocenters. The Bertz CT molecular complexity index is 506. The Morgan fingerprint density at radius 1 is 1.53 bits per heavy atom. The maximum atomic E-state index is 12.7. The first kappa shape index (κ1) is 12.8. The summed E-state index contributed by atoms with van der Waals surface area (Å²) in [7, 11) is 1.11. The molecule has 0 aromatic heterocycles. The number of esters is 1. The molecule has 0 aliphatic heterocycles. The average molecular weight is 239 g/mol. The lowest BCUT2D eigenvalue weighted by atomic mass is 9.99. The molecular formula is C11H7F2NO3. The number of nitrogens with zero attached hydrogens (tertiary/aromatic N) is 1. The van der Waals surface area contributed by atoms with E-state index in [9.17, 15) is 18.4 Å². The number of alkyl halides is 2. The van der Waals surface area contributed by atoms with E-state index in [1.807, 2.05) is 0 Å². The Hall–Kier alpha value is -2.29. The summed E-state index contributed by atoms with van der Waals surface area (Å²) < 4.78 is 29.7. The predicted molar refractivity (Wildman–Crippen MR) is 52.8 cm³/mol. The Labute approximate surface area is 95.4 Å². The van der Waals surface area contributed by atoms with Gasteiger partial charge in [0, 0.05) is 11.1 Å². The number of hydrogen-bond donors (Lipinski definition) is 0. The first-order chi connectivity index (χ1) is 8.04. The summed E-state index contributed by atoms with van der Waals surface area (Å²) in [4.78, 5) is 21.9. The van der Waals surface area contributed by atoms with E-state index in [1.54, 1.807) is 0 Å². The quantitative estimate of drug-likeness (QED) is 0.598. The molecule has 0 saturated heterocycles. The second kappa shape index (κ2) is 5.16. The molecule has 0 radical (unpaired) electrons. The van der Waals surface area contributed by atoms with Gasteiger partial charge in [-0.1, -0.05) is 0 Å². The minimum atomic E-state index is -2.96. The number of ether oxygens (including phenoxy) is 1. The molecule has 0 unspecified atom stereocenters. The predicted octanol–water partition coefficient (Wildman–Crippen LogP) is 2.09. The lowest BCUT2D eigenvalue weighted by molar-refractivity contribution is 0.0600. The molecule has 4 nitrogen and oxygen atoms in total. The summed E-state index contributed by atoms with van der Waals surface area (Å²) in [6.45, 7) is 0. The minimum Gasteiger partial charge on any atom is -0.465 e. The van der Waals surface area contributed by atoms with Crippen LogP contribution in [0.1, 0.15) is 38.3 Å². The van der Waals surface area contributed by atoms with Gasteiger partial charge >= 0.3 is 5.97 Å². The zero-order valence-corrected chi connectivity index (χ0v) is 8.74. The van der Waals surface area contributed by atoms with Gasteiger partial charge in [0.25, 0.3) is 6.43 Å². The van der Waals surface area contributed by atoms with Gasteiger partial charge in [0.2, 0.25) is 0 Å². The van der Waals surface area contributed by atoms with E-state index in [2.05, 4.69) is 4.74 Å². The largest absolute Gasteiger partial charge is 0.465 e. The van der Waals surface area contributed by atoms with Crippen molar-refractivity contribution in [3.05, 3.63) is 34.4 Å². The van der Waals surface area contributed by atoms with Crippen molar-refractivity contribution < 1.29 is 23.1 Å². The van der Waals surface area contributed by atoms with E-state index < -0.39 is 23.5 Å². The third kappa shape index (κ3) is 2.45. The van der Waals surface area contributed by atoms with Crippen LogP contribution in [-0.4, -0.2) is 19.4 Å². The van der Waals surface area contributed by atoms with Crippen LogP contribution in [0.2, 0.25) is 0 Å². The number of rotatable bonds is 3. The van der Waals surface area contributed by atoms with Crippen LogP contribution < -0.4 is 0 Å². The number of aldehydes is 1. The van der Waals surface area contributed by atoms with Crippen molar-refractivity contribution >= 4 is 12.3 Å². The normalized spacial score (nSPS) is 9.82. The number of methoxy groups -OCH3 is 1. The smallest absolute Gasteiger partial charge is 0.337 e. The fourth-order valence-electron chi connectivity index (χ4n) is 1.34. The van der Waals surface area contributed by atoms with Gasteiger partial charge in [0.15, 0.2) is 6.29 Å². The van der Waals surface area contributed by atoms with Crippen LogP contribution in [0.3, 0.4) is 0 Å². The second-order valence-electron chi connectivity index (χ2n) is 3.05. The number of carbonyl (C=O) groups is 2. The summed E-state index contributed by atoms with van der Waals surface area (Å²) in [6.07, 6.45) is -2.79. The van der Waals surface area contributed by atoms with Crippen LogP contribution in [0.5, 0.6) is 0 Å². The first-order valence-electron chi connectivity index (χ1n) is 4.44. The molecule has 0 aliphatic rings. The van der Waals surface area contributed by atoms with Gasteiger partial charge in [0.1, 0.15) is 0 Å². The maximum Gasteiger partial charge on any atom is 0.337 e.